The maximum absolute atomic E-state index is 4.55. The van der Waals surface area contributed by atoms with Crippen molar-refractivity contribution < 1.29 is 0 Å². The predicted octanol–water partition coefficient (Wildman–Crippen LogP) is 4.02. The molecule has 0 N–H and O–H groups in total. The van der Waals surface area contributed by atoms with E-state index in [0.29, 0.717) is 0 Å². The molecule has 4 heteroatoms. The summed E-state index contributed by atoms with van der Waals surface area (Å²) < 4.78 is 0.981. The van der Waals surface area contributed by atoms with Gasteiger partial charge >= 0.3 is 0 Å². The third-order valence-electron chi connectivity index (χ3n) is 3.88. The number of halogens is 1. The lowest BCUT2D eigenvalue weighted by molar-refractivity contribution is 0.521. The van der Waals surface area contributed by atoms with E-state index in [2.05, 4.69) is 43.8 Å². The number of hydrogen-bond acceptors (Lipinski definition) is 3. The zero-order valence-electron chi connectivity index (χ0n) is 11.1. The predicted molar refractivity (Wildman–Crippen MR) is 82.5 cm³/mol. The van der Waals surface area contributed by atoms with E-state index >= 15 is 0 Å². The summed E-state index contributed by atoms with van der Waals surface area (Å²) in [5.74, 6) is 0.834. The zero-order valence-corrected chi connectivity index (χ0v) is 12.7. The van der Waals surface area contributed by atoms with Crippen LogP contribution in [0.3, 0.4) is 0 Å². The molecule has 1 atom stereocenters. The molecule has 1 aliphatic rings. The smallest absolute Gasteiger partial charge is 0.112 e. The Bertz CT molecular complexity index is 585. The van der Waals surface area contributed by atoms with Gasteiger partial charge in [-0.1, -0.05) is 6.92 Å². The zero-order chi connectivity index (χ0) is 13.2. The molecule has 100 valence electrons. The maximum atomic E-state index is 4.55. The van der Waals surface area contributed by atoms with Crippen LogP contribution in [-0.2, 0) is 0 Å². The molecule has 2 aromatic rings. The molecule has 0 amide bonds. The Labute approximate surface area is 122 Å². The minimum atomic E-state index is 0.834. The first-order valence-electron chi connectivity index (χ1n) is 6.89. The number of aromatic nitrogens is 2. The summed E-state index contributed by atoms with van der Waals surface area (Å²) in [4.78, 5) is 11.4. The second kappa shape index (κ2) is 5.45. The highest BCUT2D eigenvalue weighted by Gasteiger charge is 2.16. The van der Waals surface area contributed by atoms with E-state index in [0.717, 1.165) is 34.5 Å². The number of pyridine rings is 2. The van der Waals surface area contributed by atoms with Gasteiger partial charge in [0.25, 0.3) is 0 Å². The lowest BCUT2D eigenvalue weighted by Gasteiger charge is -2.23. The van der Waals surface area contributed by atoms with Crippen LogP contribution in [0.4, 0.5) is 5.69 Å². The molecule has 1 saturated heterocycles. The molecule has 3 heterocycles. The van der Waals surface area contributed by atoms with Crippen molar-refractivity contribution >= 4 is 32.7 Å². The van der Waals surface area contributed by atoms with Gasteiger partial charge in [0.1, 0.15) is 5.52 Å². The molecule has 1 unspecified atom stereocenters. The van der Waals surface area contributed by atoms with Crippen LogP contribution in [0.2, 0.25) is 0 Å². The fraction of sp³-hybridized carbons (Fsp3) is 0.467. The van der Waals surface area contributed by atoms with E-state index in [1.807, 2.05) is 18.5 Å². The number of anilines is 1. The summed E-state index contributed by atoms with van der Waals surface area (Å²) in [6, 6.07) is 4.13. The Morgan fingerprint density at radius 3 is 3.05 bits per heavy atom. The monoisotopic (exact) mass is 319 g/mol. The van der Waals surface area contributed by atoms with Gasteiger partial charge in [0.2, 0.25) is 0 Å². The summed E-state index contributed by atoms with van der Waals surface area (Å²) in [6.45, 7) is 4.60. The molecule has 3 rings (SSSR count). The molecular formula is C15H18BrN3. The van der Waals surface area contributed by atoms with Crippen LogP contribution in [0.25, 0.3) is 11.0 Å². The lowest BCUT2D eigenvalue weighted by atomic mass is 10.0. The molecule has 0 saturated carbocycles. The fourth-order valence-electron chi connectivity index (χ4n) is 2.75. The van der Waals surface area contributed by atoms with Crippen LogP contribution in [0.1, 0.15) is 26.2 Å². The highest BCUT2D eigenvalue weighted by Crippen LogP contribution is 2.28. The van der Waals surface area contributed by atoms with Crippen LogP contribution in [0.5, 0.6) is 0 Å². The largest absolute Gasteiger partial charge is 0.370 e. The summed E-state index contributed by atoms with van der Waals surface area (Å²) in [5.41, 5.74) is 3.20. The molecule has 1 fully saturated rings. The van der Waals surface area contributed by atoms with Crippen molar-refractivity contribution in [2.24, 2.45) is 5.92 Å². The molecular weight excluding hydrogens is 302 g/mol. The second-order valence-electron chi connectivity index (χ2n) is 5.37. The number of hydrogen-bond donors (Lipinski definition) is 0. The quantitative estimate of drug-likeness (QED) is 0.795. The summed E-state index contributed by atoms with van der Waals surface area (Å²) in [6.07, 6.45) is 7.61. The van der Waals surface area contributed by atoms with E-state index in [1.165, 1.54) is 24.9 Å². The Morgan fingerprint density at radius 1 is 1.26 bits per heavy atom. The van der Waals surface area contributed by atoms with Crippen LogP contribution in [0, 0.1) is 5.92 Å². The summed E-state index contributed by atoms with van der Waals surface area (Å²) >= 11 is 3.46. The second-order valence-corrected chi connectivity index (χ2v) is 6.29. The van der Waals surface area contributed by atoms with Crippen molar-refractivity contribution in [1.82, 2.24) is 9.97 Å². The average molecular weight is 320 g/mol. The van der Waals surface area contributed by atoms with Crippen LogP contribution in [-0.4, -0.2) is 23.1 Å². The molecule has 0 aliphatic carbocycles. The van der Waals surface area contributed by atoms with Gasteiger partial charge in [0, 0.05) is 30.0 Å². The van der Waals surface area contributed by atoms with Gasteiger partial charge < -0.3 is 4.90 Å². The van der Waals surface area contributed by atoms with Gasteiger partial charge in [0.05, 0.1) is 11.2 Å². The number of rotatable bonds is 1. The van der Waals surface area contributed by atoms with Crippen molar-refractivity contribution in [2.75, 3.05) is 18.0 Å². The molecule has 3 nitrogen and oxygen atoms in total. The Hall–Kier alpha value is -1.16. The van der Waals surface area contributed by atoms with Crippen LogP contribution < -0.4 is 4.90 Å². The third kappa shape index (κ3) is 2.73. The minimum Gasteiger partial charge on any atom is -0.370 e. The van der Waals surface area contributed by atoms with E-state index in [1.54, 1.807) is 0 Å². The van der Waals surface area contributed by atoms with E-state index in [9.17, 15) is 0 Å². The highest BCUT2D eigenvalue weighted by atomic mass is 79.9. The maximum Gasteiger partial charge on any atom is 0.112 e. The molecule has 19 heavy (non-hydrogen) atoms. The molecule has 0 radical (unpaired) electrons. The topological polar surface area (TPSA) is 29.0 Å². The van der Waals surface area contributed by atoms with Gasteiger partial charge in [-0.2, -0.15) is 0 Å². The van der Waals surface area contributed by atoms with Gasteiger partial charge in [0.15, 0.2) is 0 Å². The van der Waals surface area contributed by atoms with Gasteiger partial charge in [-0.3, -0.25) is 9.97 Å². The summed E-state index contributed by atoms with van der Waals surface area (Å²) in [5, 5.41) is 0. The first-order chi connectivity index (χ1) is 9.24. The van der Waals surface area contributed by atoms with E-state index < -0.39 is 0 Å². The lowest BCUT2D eigenvalue weighted by Crippen LogP contribution is -2.24. The molecule has 2 aromatic heterocycles. The van der Waals surface area contributed by atoms with Crippen molar-refractivity contribution in [1.29, 1.82) is 0 Å². The standard InChI is InChI=1S/C15H18BrN3/c1-11-3-2-7-19(8-5-11)14-4-6-17-13-9-12(16)10-18-15(13)14/h4,6,9-11H,2-3,5,7-8H2,1H3. The Balaban J connectivity index is 2.00. The van der Waals surface area contributed by atoms with Crippen molar-refractivity contribution in [3.8, 4) is 0 Å². The fourth-order valence-corrected chi connectivity index (χ4v) is 3.07. The first kappa shape index (κ1) is 12.9. The molecule has 0 spiro atoms. The SMILES string of the molecule is CC1CCCN(c2ccnc3cc(Br)cnc23)CC1. The van der Waals surface area contributed by atoms with Crippen LogP contribution in [0.15, 0.2) is 29.0 Å². The van der Waals surface area contributed by atoms with Crippen molar-refractivity contribution in [3.63, 3.8) is 0 Å². The van der Waals surface area contributed by atoms with Crippen molar-refractivity contribution in [3.05, 3.63) is 29.0 Å². The average Bonchev–Trinajstić information content (AvgIpc) is 2.62. The Kier molecular flexibility index (Phi) is 3.69. The van der Waals surface area contributed by atoms with Crippen LogP contribution >= 0.6 is 15.9 Å². The highest BCUT2D eigenvalue weighted by molar-refractivity contribution is 9.10. The van der Waals surface area contributed by atoms with Gasteiger partial charge in [-0.05, 0) is 53.2 Å². The molecule has 1 aliphatic heterocycles. The Morgan fingerprint density at radius 2 is 2.16 bits per heavy atom. The van der Waals surface area contributed by atoms with Crippen molar-refractivity contribution in [2.45, 2.75) is 26.2 Å². The minimum absolute atomic E-state index is 0.834. The number of nitrogens with zero attached hydrogens (tertiary/aromatic N) is 3. The van der Waals surface area contributed by atoms with Gasteiger partial charge in [-0.15, -0.1) is 0 Å². The molecule has 0 aromatic carbocycles. The summed E-state index contributed by atoms with van der Waals surface area (Å²) in [7, 11) is 0. The van der Waals surface area contributed by atoms with Gasteiger partial charge in [-0.25, -0.2) is 0 Å². The first-order valence-corrected chi connectivity index (χ1v) is 7.68. The number of fused-ring (bicyclic) bond motifs is 1. The van der Waals surface area contributed by atoms with E-state index in [-0.39, 0.29) is 0 Å². The third-order valence-corrected chi connectivity index (χ3v) is 4.31. The molecule has 0 bridgehead atoms. The normalized spacial score (nSPS) is 20.5. The van der Waals surface area contributed by atoms with E-state index in [4.69, 9.17) is 0 Å².